The number of likely N-dealkylation sites (N-methyl/N-ethyl adjacent to an activating group) is 1. The average Bonchev–Trinajstić information content (AvgIpc) is 3.34. The molecule has 4 aromatic rings. The molecule has 1 aliphatic heterocycles. The van der Waals surface area contributed by atoms with Crippen molar-refractivity contribution >= 4 is 34.3 Å². The van der Waals surface area contributed by atoms with Crippen LogP contribution in [0.3, 0.4) is 0 Å². The molecule has 11 nitrogen and oxygen atoms in total. The minimum Gasteiger partial charge on any atom is -0.383 e. The molecule has 1 saturated heterocycles. The summed E-state index contributed by atoms with van der Waals surface area (Å²) in [6, 6.07) is 6.77. The first-order valence-corrected chi connectivity index (χ1v) is 13.5. The number of fused-ring (bicyclic) bond motifs is 1. The van der Waals surface area contributed by atoms with Gasteiger partial charge >= 0.3 is 12.2 Å². The number of carbonyl (C=O) groups is 1. The molecule has 0 spiro atoms. The van der Waals surface area contributed by atoms with Gasteiger partial charge in [-0.25, -0.2) is 23.8 Å². The summed E-state index contributed by atoms with van der Waals surface area (Å²) in [5.74, 6) is -0.625. The summed E-state index contributed by atoms with van der Waals surface area (Å²) in [6.45, 7) is 3.74. The van der Waals surface area contributed by atoms with E-state index in [4.69, 9.17) is 10.5 Å². The number of benzene rings is 2. The average molecular weight is 602 g/mol. The van der Waals surface area contributed by atoms with Crippen molar-refractivity contribution < 1.29 is 27.1 Å². The Balaban J connectivity index is 1.32. The van der Waals surface area contributed by atoms with Crippen molar-refractivity contribution in [2.45, 2.75) is 19.3 Å². The number of hydrogen-bond donors (Lipinski definition) is 3. The number of nitrogens with two attached hydrogens (primary N) is 1. The number of rotatable bonds is 8. The zero-order valence-electron chi connectivity index (χ0n) is 23.6. The van der Waals surface area contributed by atoms with Crippen LogP contribution >= 0.6 is 0 Å². The largest absolute Gasteiger partial charge is 0.416 e. The molecular weight excluding hydrogens is 570 g/mol. The number of amides is 2. The Labute approximate surface area is 244 Å². The first-order valence-electron chi connectivity index (χ1n) is 13.5. The Hall–Kier alpha value is -4.34. The van der Waals surface area contributed by atoms with Crippen LogP contribution in [0.1, 0.15) is 11.1 Å². The fourth-order valence-electron chi connectivity index (χ4n) is 4.92. The number of carbonyl (C=O) groups excluding carboxylic acids is 1. The number of urea groups is 1. The molecule has 0 atom stereocenters. The molecule has 1 fully saturated rings. The first kappa shape index (κ1) is 30.1. The number of piperazine rings is 1. The number of hydrogen-bond acceptors (Lipinski definition) is 8. The Kier molecular flexibility index (Phi) is 8.75. The molecule has 228 valence electrons. The summed E-state index contributed by atoms with van der Waals surface area (Å²) in [7, 11) is 3.52. The number of anilines is 3. The Morgan fingerprint density at radius 1 is 1.07 bits per heavy atom. The quantitative estimate of drug-likeness (QED) is 0.256. The molecule has 2 aromatic carbocycles. The lowest BCUT2D eigenvalue weighted by atomic mass is 10.0. The van der Waals surface area contributed by atoms with Crippen molar-refractivity contribution in [2.75, 3.05) is 63.3 Å². The Morgan fingerprint density at radius 2 is 1.84 bits per heavy atom. The molecule has 1 aliphatic rings. The highest BCUT2D eigenvalue weighted by molar-refractivity contribution is 6.01. The van der Waals surface area contributed by atoms with E-state index in [0.29, 0.717) is 48.5 Å². The van der Waals surface area contributed by atoms with Gasteiger partial charge in [0.05, 0.1) is 29.8 Å². The molecule has 0 saturated carbocycles. The van der Waals surface area contributed by atoms with Crippen molar-refractivity contribution in [1.29, 1.82) is 0 Å². The van der Waals surface area contributed by atoms with Crippen LogP contribution in [0, 0.1) is 5.82 Å². The van der Waals surface area contributed by atoms with E-state index in [1.807, 2.05) is 11.9 Å². The van der Waals surface area contributed by atoms with E-state index in [0.717, 1.165) is 19.2 Å². The summed E-state index contributed by atoms with van der Waals surface area (Å²) in [5.41, 5.74) is 6.25. The third-order valence-corrected chi connectivity index (χ3v) is 7.22. The number of aromatic nitrogens is 4. The predicted octanol–water partition coefficient (Wildman–Crippen LogP) is 4.27. The number of nitrogens with one attached hydrogen (secondary N) is 2. The highest BCUT2D eigenvalue weighted by Crippen LogP contribution is 2.35. The maximum absolute atomic E-state index is 15.1. The molecular formula is C28H31F4N9O2. The van der Waals surface area contributed by atoms with E-state index < -0.39 is 23.6 Å². The molecule has 43 heavy (non-hydrogen) atoms. The van der Waals surface area contributed by atoms with Crippen LogP contribution in [0.25, 0.3) is 22.3 Å². The van der Waals surface area contributed by atoms with Crippen molar-refractivity contribution in [3.05, 3.63) is 59.7 Å². The van der Waals surface area contributed by atoms with E-state index in [1.54, 1.807) is 11.8 Å². The minimum atomic E-state index is -4.62. The van der Waals surface area contributed by atoms with Gasteiger partial charge in [0.2, 0.25) is 0 Å². The SMILES string of the molecule is COCCn1nc(-c2ccc(NC(=O)Nc3ccc(CN4CCN(C)CC4)c(C(F)(F)F)c3)c(F)c2)c2c(N)ncnc21. The second-order valence-corrected chi connectivity index (χ2v) is 10.2. The van der Waals surface area contributed by atoms with Gasteiger partial charge in [-0.1, -0.05) is 12.1 Å². The van der Waals surface area contributed by atoms with E-state index in [1.165, 1.54) is 36.7 Å². The second-order valence-electron chi connectivity index (χ2n) is 10.2. The van der Waals surface area contributed by atoms with Gasteiger partial charge in [0.15, 0.2) is 5.65 Å². The van der Waals surface area contributed by atoms with Gasteiger partial charge in [0.1, 0.15) is 23.7 Å². The van der Waals surface area contributed by atoms with Crippen LogP contribution in [0.2, 0.25) is 0 Å². The van der Waals surface area contributed by atoms with E-state index in [-0.39, 0.29) is 29.3 Å². The standard InChI is InChI=1S/C28H31F4N9O2/c1-39-7-9-40(10-8-39)15-18-3-5-19(14-20(18)28(30,31)32)36-27(42)37-22-6-4-17(13-21(22)29)24-23-25(33)34-16-35-26(23)41(38-24)11-12-43-2/h3-6,13-14,16H,7-12,15H2,1-2H3,(H2,33,34,35)(H2,36,37,42). The molecule has 4 N–H and O–H groups in total. The molecule has 0 radical (unpaired) electrons. The maximum Gasteiger partial charge on any atom is 0.416 e. The summed E-state index contributed by atoms with van der Waals surface area (Å²) in [6.07, 6.45) is -3.31. The van der Waals surface area contributed by atoms with Crippen LogP contribution in [-0.4, -0.2) is 82.5 Å². The zero-order valence-corrected chi connectivity index (χ0v) is 23.6. The molecule has 0 aliphatic carbocycles. The number of halogens is 4. The third-order valence-electron chi connectivity index (χ3n) is 7.22. The number of methoxy groups -OCH3 is 1. The summed E-state index contributed by atoms with van der Waals surface area (Å²) >= 11 is 0. The fourth-order valence-corrected chi connectivity index (χ4v) is 4.92. The van der Waals surface area contributed by atoms with E-state index in [9.17, 15) is 18.0 Å². The van der Waals surface area contributed by atoms with Crippen LogP contribution in [0.15, 0.2) is 42.7 Å². The van der Waals surface area contributed by atoms with Gasteiger partial charge in [-0.15, -0.1) is 0 Å². The number of ether oxygens (including phenoxy) is 1. The second kappa shape index (κ2) is 12.5. The van der Waals surface area contributed by atoms with Crippen LogP contribution in [-0.2, 0) is 24.0 Å². The van der Waals surface area contributed by atoms with E-state index >= 15 is 4.39 Å². The van der Waals surface area contributed by atoms with Gasteiger partial charge in [-0.3, -0.25) is 4.90 Å². The zero-order chi connectivity index (χ0) is 30.7. The van der Waals surface area contributed by atoms with Gasteiger partial charge in [0.25, 0.3) is 0 Å². The van der Waals surface area contributed by atoms with Crippen LogP contribution < -0.4 is 16.4 Å². The molecule has 15 heteroatoms. The van der Waals surface area contributed by atoms with Gasteiger partial charge < -0.3 is 26.0 Å². The van der Waals surface area contributed by atoms with Gasteiger partial charge in [-0.2, -0.15) is 18.3 Å². The Morgan fingerprint density at radius 3 is 2.53 bits per heavy atom. The normalized spacial score (nSPS) is 14.7. The molecule has 2 amide bonds. The smallest absolute Gasteiger partial charge is 0.383 e. The number of nitrogen functional groups attached to an aromatic ring is 1. The lowest BCUT2D eigenvalue weighted by molar-refractivity contribution is -0.138. The summed E-state index contributed by atoms with van der Waals surface area (Å²) in [4.78, 5) is 25.0. The number of alkyl halides is 3. The molecule has 3 heterocycles. The van der Waals surface area contributed by atoms with Crippen molar-refractivity contribution in [3.63, 3.8) is 0 Å². The topological polar surface area (TPSA) is 126 Å². The lowest BCUT2D eigenvalue weighted by Crippen LogP contribution is -2.44. The molecule has 0 bridgehead atoms. The fraction of sp³-hybridized carbons (Fsp3) is 0.357. The monoisotopic (exact) mass is 601 g/mol. The first-order chi connectivity index (χ1) is 20.5. The highest BCUT2D eigenvalue weighted by Gasteiger charge is 2.34. The van der Waals surface area contributed by atoms with Crippen molar-refractivity contribution in [3.8, 4) is 11.3 Å². The van der Waals surface area contributed by atoms with Gasteiger partial charge in [-0.05, 0) is 36.9 Å². The maximum atomic E-state index is 15.1. The molecule has 5 rings (SSSR count). The summed E-state index contributed by atoms with van der Waals surface area (Å²) in [5, 5.41) is 9.67. The number of nitrogens with zero attached hydrogens (tertiary/aromatic N) is 6. The van der Waals surface area contributed by atoms with Gasteiger partial charge in [0, 0.05) is 51.1 Å². The Bertz CT molecular complexity index is 1620. The van der Waals surface area contributed by atoms with Crippen LogP contribution in [0.5, 0.6) is 0 Å². The molecule has 0 unspecified atom stereocenters. The lowest BCUT2D eigenvalue weighted by Gasteiger charge is -2.33. The van der Waals surface area contributed by atoms with Crippen molar-refractivity contribution in [1.82, 2.24) is 29.5 Å². The summed E-state index contributed by atoms with van der Waals surface area (Å²) < 4.78 is 63.6. The molecule has 2 aromatic heterocycles. The third kappa shape index (κ3) is 6.84. The highest BCUT2D eigenvalue weighted by atomic mass is 19.4. The predicted molar refractivity (Wildman–Crippen MR) is 154 cm³/mol. The minimum absolute atomic E-state index is 0.0764. The van der Waals surface area contributed by atoms with E-state index in [2.05, 4.69) is 30.6 Å². The van der Waals surface area contributed by atoms with Crippen molar-refractivity contribution in [2.24, 2.45) is 0 Å². The van der Waals surface area contributed by atoms with Crippen LogP contribution in [0.4, 0.5) is 39.5 Å².